The maximum atomic E-state index is 10.6. The van der Waals surface area contributed by atoms with Gasteiger partial charge in [0.25, 0.3) is 0 Å². The second kappa shape index (κ2) is 4.67. The Balaban J connectivity index is 3.02. The molecule has 0 radical (unpaired) electrons. The molecule has 1 unspecified atom stereocenters. The molecule has 0 saturated carbocycles. The lowest BCUT2D eigenvalue weighted by Gasteiger charge is -2.12. The fourth-order valence-corrected chi connectivity index (χ4v) is 1.42. The van der Waals surface area contributed by atoms with E-state index in [2.05, 4.69) is 6.07 Å². The molecule has 0 aliphatic heterocycles. The van der Waals surface area contributed by atoms with E-state index >= 15 is 0 Å². The molecule has 84 valence electrons. The first kappa shape index (κ1) is 12.1. The number of carboxylic acids is 1. The summed E-state index contributed by atoms with van der Waals surface area (Å²) in [5.41, 5.74) is 2.18. The van der Waals surface area contributed by atoms with Crippen molar-refractivity contribution in [1.82, 2.24) is 0 Å². The van der Waals surface area contributed by atoms with Crippen LogP contribution in [0.1, 0.15) is 23.6 Å². The molecule has 1 N–H and O–H groups in total. The second-order valence-corrected chi connectivity index (χ2v) is 3.64. The minimum absolute atomic E-state index is 0.476. The second-order valence-electron chi connectivity index (χ2n) is 3.64. The summed E-state index contributed by atoms with van der Waals surface area (Å²) in [6.07, 6.45) is -0.897. The zero-order chi connectivity index (χ0) is 12.3. The highest BCUT2D eigenvalue weighted by atomic mass is 16.5. The van der Waals surface area contributed by atoms with Crippen LogP contribution in [0.4, 0.5) is 0 Å². The fraction of sp³-hybridized carbons (Fsp3) is 0.333. The molecular weight excluding hydrogens is 206 g/mol. The van der Waals surface area contributed by atoms with Crippen LogP contribution in [0.2, 0.25) is 0 Å². The fourth-order valence-electron chi connectivity index (χ4n) is 1.42. The predicted octanol–water partition coefficient (Wildman–Crippen LogP) is 2.03. The monoisotopic (exact) mass is 219 g/mol. The van der Waals surface area contributed by atoms with Crippen LogP contribution in [0.15, 0.2) is 12.1 Å². The molecule has 16 heavy (non-hydrogen) atoms. The van der Waals surface area contributed by atoms with Crippen molar-refractivity contribution < 1.29 is 14.6 Å². The molecule has 0 aromatic heterocycles. The van der Waals surface area contributed by atoms with Crippen LogP contribution in [-0.4, -0.2) is 17.2 Å². The molecule has 0 spiro atoms. The Morgan fingerprint density at radius 2 is 1.94 bits per heavy atom. The molecule has 0 heterocycles. The Bertz CT molecular complexity index is 437. The summed E-state index contributed by atoms with van der Waals surface area (Å²) in [5.74, 6) is -0.538. The minimum atomic E-state index is -1.01. The van der Waals surface area contributed by atoms with E-state index in [1.807, 2.05) is 0 Å². The quantitative estimate of drug-likeness (QED) is 0.844. The topological polar surface area (TPSA) is 70.3 Å². The molecular formula is C12H13NO3. The van der Waals surface area contributed by atoms with E-state index in [4.69, 9.17) is 15.1 Å². The van der Waals surface area contributed by atoms with Gasteiger partial charge in [-0.2, -0.15) is 5.26 Å². The number of hydrogen-bond acceptors (Lipinski definition) is 3. The summed E-state index contributed by atoms with van der Waals surface area (Å²) in [6, 6.07) is 5.44. The van der Waals surface area contributed by atoms with Crippen LogP contribution in [-0.2, 0) is 4.79 Å². The van der Waals surface area contributed by atoms with Crippen molar-refractivity contribution in [2.24, 2.45) is 0 Å². The van der Waals surface area contributed by atoms with E-state index in [1.165, 1.54) is 6.92 Å². The van der Waals surface area contributed by atoms with Gasteiger partial charge in [-0.15, -0.1) is 0 Å². The molecule has 0 aliphatic rings. The van der Waals surface area contributed by atoms with Crippen molar-refractivity contribution in [1.29, 1.82) is 5.26 Å². The molecule has 0 fully saturated rings. The Morgan fingerprint density at radius 1 is 1.44 bits per heavy atom. The number of ether oxygens (including phenoxy) is 1. The van der Waals surface area contributed by atoms with Gasteiger partial charge in [0.1, 0.15) is 5.75 Å². The Morgan fingerprint density at radius 3 is 2.31 bits per heavy atom. The number of nitriles is 1. The smallest absolute Gasteiger partial charge is 0.344 e. The van der Waals surface area contributed by atoms with Gasteiger partial charge in [-0.25, -0.2) is 4.79 Å². The first-order valence-corrected chi connectivity index (χ1v) is 4.86. The van der Waals surface area contributed by atoms with Gasteiger partial charge in [0.05, 0.1) is 11.6 Å². The lowest BCUT2D eigenvalue weighted by molar-refractivity contribution is -0.144. The molecule has 0 saturated heterocycles. The largest absolute Gasteiger partial charge is 0.479 e. The van der Waals surface area contributed by atoms with E-state index in [9.17, 15) is 4.79 Å². The summed E-state index contributed by atoms with van der Waals surface area (Å²) in [5, 5.41) is 17.6. The highest BCUT2D eigenvalue weighted by Gasteiger charge is 2.13. The summed E-state index contributed by atoms with van der Waals surface area (Å²) < 4.78 is 5.23. The third-order valence-corrected chi connectivity index (χ3v) is 2.28. The number of aliphatic carboxylic acids is 1. The van der Waals surface area contributed by atoms with E-state index in [-0.39, 0.29) is 0 Å². The number of benzene rings is 1. The molecule has 1 aromatic carbocycles. The van der Waals surface area contributed by atoms with Gasteiger partial charge < -0.3 is 9.84 Å². The lowest BCUT2D eigenvalue weighted by atomic mass is 10.0. The summed E-state index contributed by atoms with van der Waals surface area (Å²) in [6.45, 7) is 5.05. The van der Waals surface area contributed by atoms with Gasteiger partial charge in [-0.3, -0.25) is 0 Å². The zero-order valence-electron chi connectivity index (χ0n) is 9.44. The van der Waals surface area contributed by atoms with E-state index in [0.717, 1.165) is 11.1 Å². The van der Waals surface area contributed by atoms with Crippen molar-refractivity contribution in [3.8, 4) is 11.8 Å². The zero-order valence-corrected chi connectivity index (χ0v) is 9.44. The Hall–Kier alpha value is -2.02. The number of carbonyl (C=O) groups is 1. The maximum Gasteiger partial charge on any atom is 0.344 e. The summed E-state index contributed by atoms with van der Waals surface area (Å²) in [4.78, 5) is 10.6. The van der Waals surface area contributed by atoms with E-state index in [0.29, 0.717) is 11.3 Å². The maximum absolute atomic E-state index is 10.6. The molecule has 1 atom stereocenters. The number of rotatable bonds is 3. The van der Waals surface area contributed by atoms with E-state index < -0.39 is 12.1 Å². The van der Waals surface area contributed by atoms with Crippen LogP contribution < -0.4 is 4.74 Å². The molecule has 1 rings (SSSR count). The van der Waals surface area contributed by atoms with Gasteiger partial charge in [0.2, 0.25) is 0 Å². The SMILES string of the molecule is Cc1cc(OC(C)C(=O)O)cc(C)c1C#N. The number of hydrogen-bond donors (Lipinski definition) is 1. The van der Waals surface area contributed by atoms with Crippen molar-refractivity contribution in [2.45, 2.75) is 26.9 Å². The first-order valence-electron chi connectivity index (χ1n) is 4.86. The van der Waals surface area contributed by atoms with Crippen molar-refractivity contribution in [2.75, 3.05) is 0 Å². The van der Waals surface area contributed by atoms with Gasteiger partial charge >= 0.3 is 5.97 Å². The lowest BCUT2D eigenvalue weighted by Crippen LogP contribution is -2.23. The minimum Gasteiger partial charge on any atom is -0.479 e. The van der Waals surface area contributed by atoms with Crippen molar-refractivity contribution in [3.05, 3.63) is 28.8 Å². The predicted molar refractivity (Wildman–Crippen MR) is 58.4 cm³/mol. The third kappa shape index (κ3) is 2.51. The highest BCUT2D eigenvalue weighted by molar-refractivity contribution is 5.72. The molecule has 4 nitrogen and oxygen atoms in total. The van der Waals surface area contributed by atoms with Crippen molar-refractivity contribution >= 4 is 5.97 Å². The van der Waals surface area contributed by atoms with Crippen LogP contribution in [0.5, 0.6) is 5.75 Å². The van der Waals surface area contributed by atoms with Crippen molar-refractivity contribution in [3.63, 3.8) is 0 Å². The molecule has 0 amide bonds. The molecule has 0 bridgehead atoms. The van der Waals surface area contributed by atoms with Gasteiger partial charge in [-0.1, -0.05) is 0 Å². The van der Waals surface area contributed by atoms with Crippen LogP contribution >= 0.6 is 0 Å². The van der Waals surface area contributed by atoms with Gasteiger partial charge in [0, 0.05) is 0 Å². The highest BCUT2D eigenvalue weighted by Crippen LogP contribution is 2.22. The summed E-state index contributed by atoms with van der Waals surface area (Å²) in [7, 11) is 0. The van der Waals surface area contributed by atoms with Gasteiger partial charge in [-0.05, 0) is 44.0 Å². The van der Waals surface area contributed by atoms with Gasteiger partial charge in [0.15, 0.2) is 6.10 Å². The third-order valence-electron chi connectivity index (χ3n) is 2.28. The average molecular weight is 219 g/mol. The Labute approximate surface area is 94.1 Å². The number of nitrogens with zero attached hydrogens (tertiary/aromatic N) is 1. The average Bonchev–Trinajstić information content (AvgIpc) is 2.16. The molecule has 4 heteroatoms. The summed E-state index contributed by atoms with van der Waals surface area (Å²) >= 11 is 0. The number of carboxylic acid groups (broad SMARTS) is 1. The standard InChI is InChI=1S/C12H13NO3/c1-7-4-10(16-9(3)12(14)15)5-8(2)11(7)6-13/h4-5,9H,1-3H3,(H,14,15). The normalized spacial score (nSPS) is 11.6. The van der Waals surface area contributed by atoms with Crippen LogP contribution in [0.3, 0.4) is 0 Å². The molecule has 0 aliphatic carbocycles. The Kier molecular flexibility index (Phi) is 3.51. The van der Waals surface area contributed by atoms with Crippen LogP contribution in [0, 0.1) is 25.2 Å². The van der Waals surface area contributed by atoms with Crippen LogP contribution in [0.25, 0.3) is 0 Å². The van der Waals surface area contributed by atoms with E-state index in [1.54, 1.807) is 26.0 Å². The molecule has 1 aromatic rings. The first-order chi connectivity index (χ1) is 7.45. The number of aryl methyl sites for hydroxylation is 2.